The van der Waals surface area contributed by atoms with Gasteiger partial charge in [-0.25, -0.2) is 9.97 Å². The summed E-state index contributed by atoms with van der Waals surface area (Å²) in [5.74, 6) is 2.54. The lowest BCUT2D eigenvalue weighted by Gasteiger charge is -2.14. The highest BCUT2D eigenvalue weighted by atomic mass is 35.5. The Balaban J connectivity index is 2.16. The maximum atomic E-state index is 6.12. The lowest BCUT2D eigenvalue weighted by molar-refractivity contribution is 0.405. The van der Waals surface area contributed by atoms with Crippen LogP contribution in [0.4, 0.5) is 17.3 Å². The highest BCUT2D eigenvalue weighted by Gasteiger charge is 2.11. The molecule has 24 heavy (non-hydrogen) atoms. The zero-order chi connectivity index (χ0) is 17.5. The Labute approximate surface area is 147 Å². The number of nitrogens with one attached hydrogen (secondary N) is 2. The summed E-state index contributed by atoms with van der Waals surface area (Å²) in [5, 5.41) is 6.93. The Hall–Kier alpha value is -2.25. The average molecular weight is 352 g/mol. The Morgan fingerprint density at radius 2 is 1.75 bits per heavy atom. The second-order valence-corrected chi connectivity index (χ2v) is 5.74. The van der Waals surface area contributed by atoms with Gasteiger partial charge in [0.15, 0.2) is 0 Å². The summed E-state index contributed by atoms with van der Waals surface area (Å²) in [5.41, 5.74) is 0.705. The lowest BCUT2D eigenvalue weighted by Crippen LogP contribution is -2.21. The molecule has 0 aliphatic rings. The van der Waals surface area contributed by atoms with Crippen molar-refractivity contribution in [3.63, 3.8) is 0 Å². The third-order valence-electron chi connectivity index (χ3n) is 3.27. The van der Waals surface area contributed by atoms with Gasteiger partial charge in [0.1, 0.15) is 29.5 Å². The molecule has 8 heteroatoms. The number of rotatable bonds is 8. The van der Waals surface area contributed by atoms with E-state index in [0.29, 0.717) is 28.0 Å². The van der Waals surface area contributed by atoms with E-state index in [1.165, 1.54) is 6.33 Å². The van der Waals surface area contributed by atoms with Crippen LogP contribution in [0.5, 0.6) is 11.5 Å². The van der Waals surface area contributed by atoms with Crippen LogP contribution in [0.15, 0.2) is 24.5 Å². The Morgan fingerprint density at radius 3 is 2.42 bits per heavy atom. The monoisotopic (exact) mass is 351 g/mol. The Kier molecular flexibility index (Phi) is 6.45. The van der Waals surface area contributed by atoms with E-state index in [1.54, 1.807) is 26.4 Å². The molecule has 0 saturated heterocycles. The molecule has 0 bridgehead atoms. The molecule has 0 radical (unpaired) electrons. The molecule has 1 heterocycles. The summed E-state index contributed by atoms with van der Waals surface area (Å²) in [4.78, 5) is 10.5. The Bertz CT molecular complexity index is 682. The van der Waals surface area contributed by atoms with Gasteiger partial charge in [-0.15, -0.1) is 0 Å². The Morgan fingerprint density at radius 1 is 1.04 bits per heavy atom. The standard InChI is InChI=1S/C16H22ClN5O2/c1-22(2)6-5-18-15-9-16(20-10-19-15)21-12-8-13(23-3)11(17)7-14(12)24-4/h7-10H,5-6H2,1-4H3,(H2,18,19,20,21). The van der Waals surface area contributed by atoms with Gasteiger partial charge < -0.3 is 25.0 Å². The van der Waals surface area contributed by atoms with Crippen LogP contribution in [0, 0.1) is 0 Å². The van der Waals surface area contributed by atoms with Crippen molar-refractivity contribution < 1.29 is 9.47 Å². The minimum atomic E-state index is 0.480. The number of methoxy groups -OCH3 is 2. The van der Waals surface area contributed by atoms with Crippen molar-refractivity contribution >= 4 is 28.9 Å². The SMILES string of the molecule is COc1cc(Nc2cc(NCCN(C)C)ncn2)c(OC)cc1Cl. The summed E-state index contributed by atoms with van der Waals surface area (Å²) in [6.07, 6.45) is 1.50. The van der Waals surface area contributed by atoms with Crippen molar-refractivity contribution in [2.24, 2.45) is 0 Å². The van der Waals surface area contributed by atoms with E-state index in [4.69, 9.17) is 21.1 Å². The van der Waals surface area contributed by atoms with Crippen LogP contribution in [0.3, 0.4) is 0 Å². The second kappa shape index (κ2) is 8.56. The number of nitrogens with zero attached hydrogens (tertiary/aromatic N) is 3. The van der Waals surface area contributed by atoms with Crippen molar-refractivity contribution in [2.45, 2.75) is 0 Å². The van der Waals surface area contributed by atoms with Crippen LogP contribution in [0.1, 0.15) is 0 Å². The van der Waals surface area contributed by atoms with Gasteiger partial charge in [0.05, 0.1) is 24.9 Å². The topological polar surface area (TPSA) is 71.5 Å². The molecule has 2 rings (SSSR count). The molecule has 7 nitrogen and oxygen atoms in total. The minimum absolute atomic E-state index is 0.480. The number of aromatic nitrogens is 2. The fourth-order valence-corrected chi connectivity index (χ4v) is 2.26. The van der Waals surface area contributed by atoms with E-state index in [0.717, 1.165) is 18.9 Å². The van der Waals surface area contributed by atoms with Gasteiger partial charge >= 0.3 is 0 Å². The highest BCUT2D eigenvalue weighted by molar-refractivity contribution is 6.32. The fourth-order valence-electron chi connectivity index (χ4n) is 2.03. The number of anilines is 3. The number of hydrogen-bond donors (Lipinski definition) is 2. The van der Waals surface area contributed by atoms with Crippen molar-refractivity contribution in [1.82, 2.24) is 14.9 Å². The molecule has 0 unspecified atom stereocenters. The summed E-state index contributed by atoms with van der Waals surface area (Å²) in [6.45, 7) is 1.70. The molecule has 2 N–H and O–H groups in total. The smallest absolute Gasteiger partial charge is 0.144 e. The molecule has 130 valence electrons. The van der Waals surface area contributed by atoms with E-state index in [2.05, 4.69) is 25.5 Å². The van der Waals surface area contributed by atoms with Crippen LogP contribution < -0.4 is 20.1 Å². The van der Waals surface area contributed by atoms with Crippen molar-refractivity contribution in [1.29, 1.82) is 0 Å². The molecule has 1 aromatic heterocycles. The first-order chi connectivity index (χ1) is 11.5. The predicted octanol–water partition coefficient (Wildman–Crippen LogP) is 2.86. The molecular formula is C16H22ClN5O2. The molecule has 0 spiro atoms. The van der Waals surface area contributed by atoms with Gasteiger partial charge in [-0.3, -0.25) is 0 Å². The second-order valence-electron chi connectivity index (χ2n) is 5.33. The lowest BCUT2D eigenvalue weighted by atomic mass is 10.2. The van der Waals surface area contributed by atoms with Gasteiger partial charge in [0.2, 0.25) is 0 Å². The number of hydrogen-bond acceptors (Lipinski definition) is 7. The van der Waals surface area contributed by atoms with Crippen LogP contribution >= 0.6 is 11.6 Å². The van der Waals surface area contributed by atoms with E-state index in [9.17, 15) is 0 Å². The first-order valence-electron chi connectivity index (χ1n) is 7.42. The fraction of sp³-hybridized carbons (Fsp3) is 0.375. The molecule has 0 aliphatic heterocycles. The quantitative estimate of drug-likeness (QED) is 0.757. The predicted molar refractivity (Wildman–Crippen MR) is 96.9 cm³/mol. The third-order valence-corrected chi connectivity index (χ3v) is 3.56. The van der Waals surface area contributed by atoms with E-state index in [1.807, 2.05) is 20.2 Å². The zero-order valence-corrected chi connectivity index (χ0v) is 15.0. The van der Waals surface area contributed by atoms with Gasteiger partial charge in [0.25, 0.3) is 0 Å². The van der Waals surface area contributed by atoms with E-state index >= 15 is 0 Å². The number of likely N-dealkylation sites (N-methyl/N-ethyl adjacent to an activating group) is 1. The van der Waals surface area contributed by atoms with E-state index < -0.39 is 0 Å². The molecule has 2 aromatic rings. The van der Waals surface area contributed by atoms with Gasteiger partial charge in [-0.2, -0.15) is 0 Å². The molecule has 0 atom stereocenters. The third kappa shape index (κ3) is 4.87. The van der Waals surface area contributed by atoms with Crippen molar-refractivity contribution in [3.8, 4) is 11.5 Å². The molecule has 0 fully saturated rings. The van der Waals surface area contributed by atoms with Crippen LogP contribution in [-0.2, 0) is 0 Å². The molecule has 0 saturated carbocycles. The normalized spacial score (nSPS) is 10.6. The minimum Gasteiger partial charge on any atom is -0.495 e. The molecule has 0 aliphatic carbocycles. The zero-order valence-electron chi connectivity index (χ0n) is 14.3. The van der Waals surface area contributed by atoms with Crippen LogP contribution in [0.25, 0.3) is 0 Å². The first-order valence-corrected chi connectivity index (χ1v) is 7.80. The van der Waals surface area contributed by atoms with Crippen molar-refractivity contribution in [2.75, 3.05) is 52.0 Å². The van der Waals surface area contributed by atoms with Gasteiger partial charge in [0, 0.05) is 31.3 Å². The largest absolute Gasteiger partial charge is 0.495 e. The maximum Gasteiger partial charge on any atom is 0.144 e. The summed E-state index contributed by atoms with van der Waals surface area (Å²) in [6, 6.07) is 5.29. The maximum absolute atomic E-state index is 6.12. The first kappa shape index (κ1) is 18.1. The van der Waals surface area contributed by atoms with Gasteiger partial charge in [-0.05, 0) is 14.1 Å². The number of benzene rings is 1. The van der Waals surface area contributed by atoms with Gasteiger partial charge in [-0.1, -0.05) is 11.6 Å². The number of ether oxygens (including phenoxy) is 2. The van der Waals surface area contributed by atoms with Crippen molar-refractivity contribution in [3.05, 3.63) is 29.5 Å². The van der Waals surface area contributed by atoms with Crippen LogP contribution in [-0.4, -0.2) is 56.3 Å². The number of halogens is 1. The molecular weight excluding hydrogens is 330 g/mol. The summed E-state index contributed by atoms with van der Waals surface area (Å²) < 4.78 is 10.6. The average Bonchev–Trinajstić information content (AvgIpc) is 2.56. The molecule has 0 amide bonds. The molecule has 1 aromatic carbocycles. The van der Waals surface area contributed by atoms with E-state index in [-0.39, 0.29) is 0 Å². The summed E-state index contributed by atoms with van der Waals surface area (Å²) in [7, 11) is 7.19. The summed E-state index contributed by atoms with van der Waals surface area (Å²) >= 11 is 6.12. The highest BCUT2D eigenvalue weighted by Crippen LogP contribution is 2.37. The van der Waals surface area contributed by atoms with Crippen LogP contribution in [0.2, 0.25) is 5.02 Å².